The molecule has 3 nitrogen and oxygen atoms in total. The van der Waals surface area contributed by atoms with E-state index in [2.05, 4.69) is 29.0 Å². The van der Waals surface area contributed by atoms with E-state index < -0.39 is 0 Å². The van der Waals surface area contributed by atoms with Gasteiger partial charge in [-0.05, 0) is 38.2 Å². The van der Waals surface area contributed by atoms with Crippen molar-refractivity contribution >= 4 is 0 Å². The first-order chi connectivity index (χ1) is 8.16. The molecule has 1 aromatic heterocycles. The largest absolute Gasteiger partial charge is 0.393 e. The molecule has 0 spiro atoms. The molecule has 1 aromatic rings. The van der Waals surface area contributed by atoms with Crippen molar-refractivity contribution in [2.24, 2.45) is 5.92 Å². The number of nitrogens with zero attached hydrogens (tertiary/aromatic N) is 2. The highest BCUT2D eigenvalue weighted by Crippen LogP contribution is 2.27. The van der Waals surface area contributed by atoms with Crippen molar-refractivity contribution < 1.29 is 5.11 Å². The zero-order chi connectivity index (χ0) is 12.3. The minimum absolute atomic E-state index is 0.255. The smallest absolute Gasteiger partial charge is 0.0628 e. The number of hydrogen-bond acceptors (Lipinski definition) is 2. The summed E-state index contributed by atoms with van der Waals surface area (Å²) >= 11 is 0. The van der Waals surface area contributed by atoms with Crippen molar-refractivity contribution in [2.45, 2.75) is 64.5 Å². The van der Waals surface area contributed by atoms with Crippen LogP contribution in [0.15, 0.2) is 12.3 Å². The van der Waals surface area contributed by atoms with Gasteiger partial charge in [-0.3, -0.25) is 4.68 Å². The van der Waals surface area contributed by atoms with Gasteiger partial charge < -0.3 is 5.11 Å². The van der Waals surface area contributed by atoms with E-state index >= 15 is 0 Å². The highest BCUT2D eigenvalue weighted by Gasteiger charge is 2.17. The van der Waals surface area contributed by atoms with E-state index in [4.69, 9.17) is 0 Å². The van der Waals surface area contributed by atoms with Crippen molar-refractivity contribution in [3.05, 3.63) is 18.0 Å². The summed E-state index contributed by atoms with van der Waals surface area (Å²) in [6, 6.07) is 2.72. The zero-order valence-corrected chi connectivity index (χ0v) is 11.0. The average Bonchev–Trinajstić information content (AvgIpc) is 2.78. The standard InChI is InChI=1S/C14H24N2O/c1-11(12(2)17)10-13-8-9-16(15-13)14-6-4-3-5-7-14/h8-9,11-12,14,17H,3-7,10H2,1-2H3. The maximum atomic E-state index is 9.50. The Labute approximate surface area is 104 Å². The average molecular weight is 236 g/mol. The number of aliphatic hydroxyl groups is 1. The van der Waals surface area contributed by atoms with Crippen molar-refractivity contribution in [3.63, 3.8) is 0 Å². The molecule has 96 valence electrons. The van der Waals surface area contributed by atoms with Crippen LogP contribution in [0.2, 0.25) is 0 Å². The maximum Gasteiger partial charge on any atom is 0.0628 e. The summed E-state index contributed by atoms with van der Waals surface area (Å²) < 4.78 is 2.14. The molecule has 0 aromatic carbocycles. The Bertz CT molecular complexity index is 340. The van der Waals surface area contributed by atoms with Gasteiger partial charge in [-0.15, -0.1) is 0 Å². The minimum Gasteiger partial charge on any atom is -0.393 e. The van der Waals surface area contributed by atoms with E-state index in [-0.39, 0.29) is 12.0 Å². The molecule has 0 radical (unpaired) electrons. The van der Waals surface area contributed by atoms with Crippen molar-refractivity contribution in [1.29, 1.82) is 0 Å². The Morgan fingerprint density at radius 2 is 2.06 bits per heavy atom. The summed E-state index contributed by atoms with van der Waals surface area (Å²) in [6.07, 6.45) is 9.32. The first-order valence-electron chi connectivity index (χ1n) is 6.89. The molecule has 2 atom stereocenters. The lowest BCUT2D eigenvalue weighted by atomic mass is 9.96. The molecule has 0 bridgehead atoms. The highest BCUT2D eigenvalue weighted by atomic mass is 16.3. The Hall–Kier alpha value is -0.830. The molecular weight excluding hydrogens is 212 g/mol. The van der Waals surface area contributed by atoms with Gasteiger partial charge in [0.2, 0.25) is 0 Å². The van der Waals surface area contributed by atoms with E-state index in [9.17, 15) is 5.11 Å². The van der Waals surface area contributed by atoms with Crippen LogP contribution in [0.1, 0.15) is 57.7 Å². The van der Waals surface area contributed by atoms with Gasteiger partial charge in [0, 0.05) is 6.20 Å². The van der Waals surface area contributed by atoms with E-state index in [1.54, 1.807) is 0 Å². The van der Waals surface area contributed by atoms with Crippen LogP contribution in [-0.2, 0) is 6.42 Å². The molecule has 1 saturated carbocycles. The minimum atomic E-state index is -0.255. The third-order valence-corrected chi connectivity index (χ3v) is 3.97. The first-order valence-corrected chi connectivity index (χ1v) is 6.89. The summed E-state index contributed by atoms with van der Waals surface area (Å²) in [4.78, 5) is 0. The summed E-state index contributed by atoms with van der Waals surface area (Å²) in [5.74, 6) is 0.282. The van der Waals surface area contributed by atoms with Crippen LogP contribution < -0.4 is 0 Å². The lowest BCUT2D eigenvalue weighted by molar-refractivity contribution is 0.134. The lowest BCUT2D eigenvalue weighted by Gasteiger charge is -2.22. The Morgan fingerprint density at radius 3 is 2.71 bits per heavy atom. The summed E-state index contributed by atoms with van der Waals surface area (Å²) in [6.45, 7) is 3.92. The third kappa shape index (κ3) is 3.32. The van der Waals surface area contributed by atoms with Crippen LogP contribution in [0.3, 0.4) is 0 Å². The molecule has 1 fully saturated rings. The molecule has 3 heteroatoms. The summed E-state index contributed by atoms with van der Waals surface area (Å²) in [5, 5.41) is 14.2. The van der Waals surface area contributed by atoms with Gasteiger partial charge in [0.1, 0.15) is 0 Å². The molecule has 0 amide bonds. The van der Waals surface area contributed by atoms with Gasteiger partial charge in [0.25, 0.3) is 0 Å². The first kappa shape index (κ1) is 12.6. The Kier molecular flexibility index (Phi) is 4.21. The van der Waals surface area contributed by atoms with Crippen LogP contribution in [-0.4, -0.2) is 21.0 Å². The fourth-order valence-electron chi connectivity index (χ4n) is 2.54. The monoisotopic (exact) mass is 236 g/mol. The van der Waals surface area contributed by atoms with Crippen molar-refractivity contribution in [3.8, 4) is 0 Å². The zero-order valence-electron chi connectivity index (χ0n) is 11.0. The van der Waals surface area contributed by atoms with E-state index in [0.29, 0.717) is 6.04 Å². The summed E-state index contributed by atoms with van der Waals surface area (Å²) in [5.41, 5.74) is 1.11. The number of aromatic nitrogens is 2. The van der Waals surface area contributed by atoms with Gasteiger partial charge in [-0.25, -0.2) is 0 Å². The van der Waals surface area contributed by atoms with E-state index in [0.717, 1.165) is 12.1 Å². The summed E-state index contributed by atoms with van der Waals surface area (Å²) in [7, 11) is 0. The molecule has 0 aliphatic heterocycles. The van der Waals surface area contributed by atoms with E-state index in [1.807, 2.05) is 6.92 Å². The molecule has 1 N–H and O–H groups in total. The quantitative estimate of drug-likeness (QED) is 0.872. The van der Waals surface area contributed by atoms with E-state index in [1.165, 1.54) is 32.1 Å². The fraction of sp³-hybridized carbons (Fsp3) is 0.786. The predicted molar refractivity (Wildman–Crippen MR) is 68.9 cm³/mol. The van der Waals surface area contributed by atoms with Crippen LogP contribution in [0.25, 0.3) is 0 Å². The predicted octanol–water partition coefficient (Wildman–Crippen LogP) is 2.95. The topological polar surface area (TPSA) is 38.0 Å². The number of hydrogen-bond donors (Lipinski definition) is 1. The number of rotatable bonds is 4. The number of aliphatic hydroxyl groups excluding tert-OH is 1. The van der Waals surface area contributed by atoms with Gasteiger partial charge >= 0.3 is 0 Å². The van der Waals surface area contributed by atoms with Gasteiger partial charge in [-0.2, -0.15) is 5.10 Å². The second-order valence-electron chi connectivity index (χ2n) is 5.50. The molecule has 2 rings (SSSR count). The maximum absolute atomic E-state index is 9.50. The molecule has 1 aliphatic rings. The van der Waals surface area contributed by atoms with Crippen molar-refractivity contribution in [2.75, 3.05) is 0 Å². The SMILES string of the molecule is CC(O)C(C)Cc1ccn(C2CCCCC2)n1. The Balaban J connectivity index is 1.95. The van der Waals surface area contributed by atoms with Gasteiger partial charge in [-0.1, -0.05) is 26.2 Å². The van der Waals surface area contributed by atoms with Crippen LogP contribution >= 0.6 is 0 Å². The van der Waals surface area contributed by atoms with Gasteiger partial charge in [0.05, 0.1) is 17.8 Å². The Morgan fingerprint density at radius 1 is 1.35 bits per heavy atom. The molecule has 1 heterocycles. The normalized spacial score (nSPS) is 21.4. The molecule has 17 heavy (non-hydrogen) atoms. The lowest BCUT2D eigenvalue weighted by Crippen LogP contribution is -2.17. The highest BCUT2D eigenvalue weighted by molar-refractivity contribution is 5.01. The molecular formula is C14H24N2O. The third-order valence-electron chi connectivity index (χ3n) is 3.97. The molecule has 2 unspecified atom stereocenters. The molecule has 1 aliphatic carbocycles. The van der Waals surface area contributed by atoms with Crippen LogP contribution in [0.5, 0.6) is 0 Å². The van der Waals surface area contributed by atoms with Gasteiger partial charge in [0.15, 0.2) is 0 Å². The fourth-order valence-corrected chi connectivity index (χ4v) is 2.54. The van der Waals surface area contributed by atoms with Crippen molar-refractivity contribution in [1.82, 2.24) is 9.78 Å². The second-order valence-corrected chi connectivity index (χ2v) is 5.50. The molecule has 0 saturated heterocycles. The van der Waals surface area contributed by atoms with Crippen LogP contribution in [0, 0.1) is 5.92 Å². The second kappa shape index (κ2) is 5.67. The van der Waals surface area contributed by atoms with Crippen LogP contribution in [0.4, 0.5) is 0 Å².